The molecule has 6 rings (SSSR count). The van der Waals surface area contributed by atoms with Crippen LogP contribution in [0.25, 0.3) is 22.6 Å². The van der Waals surface area contributed by atoms with Gasteiger partial charge in [0.15, 0.2) is 0 Å². The van der Waals surface area contributed by atoms with Crippen LogP contribution >= 0.6 is 15.9 Å². The fourth-order valence-corrected chi connectivity index (χ4v) is 8.12. The first-order valence-electron chi connectivity index (χ1n) is 18.4. The second-order valence-electron chi connectivity index (χ2n) is 17.8. The third-order valence-corrected chi connectivity index (χ3v) is 13.6. The van der Waals surface area contributed by atoms with Crippen LogP contribution in [-0.2, 0) is 10.8 Å². The molecule has 4 aromatic carbocycles. The van der Waals surface area contributed by atoms with Gasteiger partial charge in [0, 0.05) is 28.6 Å². The first kappa shape index (κ1) is 41.7. The Bertz CT molecular complexity index is 2020. The third kappa shape index (κ3) is 12.5. The van der Waals surface area contributed by atoms with Crippen LogP contribution in [0.15, 0.2) is 135 Å². The molecule has 0 bridgehead atoms. The fraction of sp³-hybridized carbons (Fsp3) is 0.304. The molecule has 280 valence electrons. The van der Waals surface area contributed by atoms with E-state index in [0.29, 0.717) is 0 Å². The summed E-state index contributed by atoms with van der Waals surface area (Å²) in [6.07, 6.45) is 3.48. The molecule has 53 heavy (non-hydrogen) atoms. The summed E-state index contributed by atoms with van der Waals surface area (Å²) < 4.78 is 12.2. The maximum atomic E-state index is 5.77. The maximum Gasteiger partial charge on any atom is 0.136 e. The number of hydrogen-bond donors (Lipinski definition) is 2. The number of rotatable bonds is 6. The lowest BCUT2D eigenvalue weighted by atomic mass is 9.86. The highest BCUT2D eigenvalue weighted by molar-refractivity contribution is 9.10. The number of anilines is 3. The van der Waals surface area contributed by atoms with Gasteiger partial charge in [0.1, 0.15) is 24.0 Å². The van der Waals surface area contributed by atoms with E-state index in [1.54, 1.807) is 12.5 Å². The Labute approximate surface area is 329 Å². The summed E-state index contributed by atoms with van der Waals surface area (Å²) in [4.78, 5) is 0. The minimum absolute atomic E-state index is 0.163. The zero-order chi connectivity index (χ0) is 39.2. The van der Waals surface area contributed by atoms with E-state index in [1.165, 1.54) is 21.5 Å². The molecular weight excluding hydrogens is 749 g/mol. The van der Waals surface area contributed by atoms with Gasteiger partial charge < -0.3 is 19.9 Å². The van der Waals surface area contributed by atoms with Crippen LogP contribution in [0.3, 0.4) is 0 Å². The fourth-order valence-electron chi connectivity index (χ4n) is 5.49. The van der Waals surface area contributed by atoms with E-state index in [1.807, 2.05) is 18.2 Å². The van der Waals surface area contributed by atoms with Crippen LogP contribution < -0.4 is 21.4 Å². The molecule has 2 heterocycles. The highest BCUT2D eigenvalue weighted by Gasteiger charge is 2.17. The Balaban J connectivity index is 0.000000197. The van der Waals surface area contributed by atoms with Crippen LogP contribution in [0.5, 0.6) is 0 Å². The van der Waals surface area contributed by atoms with Gasteiger partial charge in [-0.3, -0.25) is 0 Å². The highest BCUT2D eigenvalue weighted by atomic mass is 79.9. The van der Waals surface area contributed by atoms with E-state index in [-0.39, 0.29) is 10.8 Å². The number of hydrogen-bond acceptors (Lipinski definition) is 4. The van der Waals surface area contributed by atoms with E-state index in [0.717, 1.165) is 44.2 Å². The Morgan fingerprint density at radius 1 is 0.509 bits per heavy atom. The van der Waals surface area contributed by atoms with Crippen molar-refractivity contribution in [1.29, 1.82) is 0 Å². The van der Waals surface area contributed by atoms with Crippen molar-refractivity contribution in [3.8, 4) is 22.6 Å². The van der Waals surface area contributed by atoms with Crippen molar-refractivity contribution >= 4 is 59.5 Å². The van der Waals surface area contributed by atoms with E-state index < -0.39 is 16.1 Å². The predicted octanol–water partition coefficient (Wildman–Crippen LogP) is 13.4. The Hall–Kier alpha value is -4.05. The zero-order valence-corrected chi connectivity index (χ0v) is 37.4. The van der Waals surface area contributed by atoms with E-state index in [9.17, 15) is 0 Å². The molecule has 0 spiro atoms. The van der Waals surface area contributed by atoms with E-state index in [4.69, 9.17) is 14.6 Å². The highest BCUT2D eigenvalue weighted by Crippen LogP contribution is 2.30. The number of halogens is 1. The van der Waals surface area contributed by atoms with Crippen molar-refractivity contribution in [3.05, 3.63) is 137 Å². The summed E-state index contributed by atoms with van der Waals surface area (Å²) in [6.45, 7) is 27.4. The van der Waals surface area contributed by atoms with Crippen molar-refractivity contribution in [1.82, 2.24) is 0 Å². The largest absolute Gasteiger partial charge is 0.463 e. The standard InChI is InChI=1S/C23H29NOSi.C14H15BrO.C9H15NSi/c1-23(2,3)18-9-7-17(8-10-18)22-15-20(16-25-22)24-19-11-13-21(14-12-19)26(4,5)6;1-14(2,3)11-6-4-10(5-7-11)13-8-12(15)9-16-13;1-11(2,3)9-6-4-8(10)5-7-9/h7-16,24H,1-6H3;4-9H,1-3H3;4-7H,10H2,1-3H3. The SMILES string of the molecule is CC(C)(C)c1ccc(-c2cc(Br)co2)cc1.CC(C)(C)c1ccc(-c2cc(Nc3ccc([Si](C)(C)C)cc3)co2)cc1.C[Si](C)(C)c1ccc(N)cc1. The maximum absolute atomic E-state index is 5.77. The van der Waals surface area contributed by atoms with Crippen LogP contribution in [0, 0.1) is 0 Å². The average Bonchev–Trinajstić information content (AvgIpc) is 3.73. The molecule has 4 nitrogen and oxygen atoms in total. The summed E-state index contributed by atoms with van der Waals surface area (Å²) in [5, 5.41) is 6.36. The summed E-state index contributed by atoms with van der Waals surface area (Å²) in [7, 11) is -2.36. The second kappa shape index (κ2) is 17.0. The van der Waals surface area contributed by atoms with Crippen LogP contribution in [0.1, 0.15) is 52.7 Å². The van der Waals surface area contributed by atoms with Crippen molar-refractivity contribution in [2.75, 3.05) is 11.1 Å². The molecule has 0 fully saturated rings. The molecule has 0 amide bonds. The Morgan fingerprint density at radius 3 is 1.28 bits per heavy atom. The molecule has 0 saturated carbocycles. The number of furan rings is 2. The van der Waals surface area contributed by atoms with Crippen molar-refractivity contribution in [3.63, 3.8) is 0 Å². The topological polar surface area (TPSA) is 64.3 Å². The van der Waals surface area contributed by atoms with Crippen molar-refractivity contribution in [2.45, 2.75) is 91.7 Å². The molecule has 0 aliphatic rings. The summed E-state index contributed by atoms with van der Waals surface area (Å²) in [5.74, 6) is 1.78. The molecule has 6 aromatic rings. The number of nitrogens with one attached hydrogen (secondary N) is 1. The zero-order valence-electron chi connectivity index (χ0n) is 33.8. The van der Waals surface area contributed by atoms with Crippen LogP contribution in [-0.4, -0.2) is 16.1 Å². The molecule has 0 unspecified atom stereocenters. The van der Waals surface area contributed by atoms with Gasteiger partial charge in [0.25, 0.3) is 0 Å². The molecule has 0 aliphatic carbocycles. The molecular formula is C46H59BrN2O2Si2. The van der Waals surface area contributed by atoms with Gasteiger partial charge in [-0.25, -0.2) is 0 Å². The number of benzene rings is 4. The molecule has 7 heteroatoms. The number of nitrogen functional groups attached to an aromatic ring is 1. The van der Waals surface area contributed by atoms with Crippen LogP contribution in [0.4, 0.5) is 17.1 Å². The van der Waals surface area contributed by atoms with E-state index >= 15 is 0 Å². The molecule has 0 saturated heterocycles. The van der Waals surface area contributed by atoms with Gasteiger partial charge in [-0.1, -0.05) is 164 Å². The predicted molar refractivity (Wildman–Crippen MR) is 240 cm³/mol. The molecule has 3 N–H and O–H groups in total. The first-order valence-corrected chi connectivity index (χ1v) is 26.2. The minimum atomic E-state index is -1.25. The quantitative estimate of drug-likeness (QED) is 0.130. The lowest BCUT2D eigenvalue weighted by Crippen LogP contribution is -2.37. The lowest BCUT2D eigenvalue weighted by molar-refractivity contribution is 0.579. The molecule has 2 aromatic heterocycles. The van der Waals surface area contributed by atoms with Crippen molar-refractivity contribution < 1.29 is 8.83 Å². The van der Waals surface area contributed by atoms with Gasteiger partial charge in [0.05, 0.1) is 26.3 Å². The van der Waals surface area contributed by atoms with Gasteiger partial charge in [0.2, 0.25) is 0 Å². The second-order valence-corrected chi connectivity index (χ2v) is 28.9. The van der Waals surface area contributed by atoms with Gasteiger partial charge >= 0.3 is 0 Å². The summed E-state index contributed by atoms with van der Waals surface area (Å²) >= 11 is 3.38. The molecule has 0 aliphatic heterocycles. The average molecular weight is 808 g/mol. The normalized spacial score (nSPS) is 11.9. The van der Waals surface area contributed by atoms with Crippen LogP contribution in [0.2, 0.25) is 39.3 Å². The molecule has 0 atom stereocenters. The third-order valence-electron chi connectivity index (χ3n) is 9.05. The van der Waals surface area contributed by atoms with Gasteiger partial charge in [-0.15, -0.1) is 0 Å². The lowest BCUT2D eigenvalue weighted by Gasteiger charge is -2.18. The van der Waals surface area contributed by atoms with Gasteiger partial charge in [-0.05, 0) is 68.2 Å². The van der Waals surface area contributed by atoms with Gasteiger partial charge in [-0.2, -0.15) is 0 Å². The smallest absolute Gasteiger partial charge is 0.136 e. The minimum Gasteiger partial charge on any atom is -0.463 e. The summed E-state index contributed by atoms with van der Waals surface area (Å²) in [6, 6.07) is 38.2. The van der Waals surface area contributed by atoms with Crippen molar-refractivity contribution in [2.24, 2.45) is 0 Å². The first-order chi connectivity index (χ1) is 24.6. The Kier molecular flexibility index (Phi) is 13.3. The monoisotopic (exact) mass is 806 g/mol. The summed E-state index contributed by atoms with van der Waals surface area (Å²) in [5.41, 5.74) is 13.7. The van der Waals surface area contributed by atoms with E-state index in [2.05, 4.69) is 193 Å². The number of nitrogens with two attached hydrogens (primary N) is 1. The molecule has 0 radical (unpaired) electrons. The Morgan fingerprint density at radius 2 is 0.906 bits per heavy atom.